The molecule has 0 aliphatic carbocycles. The second-order valence-corrected chi connectivity index (χ2v) is 8.80. The summed E-state index contributed by atoms with van der Waals surface area (Å²) in [6.45, 7) is 2.58. The number of para-hydroxylation sites is 2. The fraction of sp³-hybridized carbons (Fsp3) is 0.381. The van der Waals surface area contributed by atoms with Crippen LogP contribution in [-0.4, -0.2) is 47.2 Å². The molecule has 0 aromatic heterocycles. The molecule has 0 spiro atoms. The molecule has 29 heavy (non-hydrogen) atoms. The van der Waals surface area contributed by atoms with Crippen LogP contribution in [0.5, 0.6) is 5.75 Å². The molecule has 0 bridgehead atoms. The highest BCUT2D eigenvalue weighted by Gasteiger charge is 2.29. The molecule has 2 aromatic carbocycles. The number of aryl methyl sites for hydroxylation is 1. The van der Waals surface area contributed by atoms with Crippen LogP contribution in [0.2, 0.25) is 0 Å². The van der Waals surface area contributed by atoms with E-state index in [1.165, 1.54) is 19.2 Å². The van der Waals surface area contributed by atoms with Crippen molar-refractivity contribution < 1.29 is 22.7 Å². The molecule has 8 heteroatoms. The molecule has 1 N–H and O–H groups in total. The summed E-state index contributed by atoms with van der Waals surface area (Å²) in [5.74, 6) is -0.0304. The highest BCUT2D eigenvalue weighted by Crippen LogP contribution is 2.32. The topological polar surface area (TPSA) is 84.9 Å². The largest absolute Gasteiger partial charge is 0.495 e. The molecule has 0 saturated carbocycles. The van der Waals surface area contributed by atoms with Crippen molar-refractivity contribution in [2.45, 2.75) is 30.8 Å². The lowest BCUT2D eigenvalue weighted by molar-refractivity contribution is -0.120. The molecular formula is C21H26N2O5S. The molecule has 1 aliphatic rings. The highest BCUT2D eigenvalue weighted by atomic mass is 32.2. The van der Waals surface area contributed by atoms with Gasteiger partial charge in [0.1, 0.15) is 12.3 Å². The van der Waals surface area contributed by atoms with Crippen molar-refractivity contribution in [3.05, 3.63) is 54.1 Å². The Bertz CT molecular complexity index is 938. The van der Waals surface area contributed by atoms with Gasteiger partial charge in [-0.1, -0.05) is 29.8 Å². The number of amides is 1. The third-order valence-corrected chi connectivity index (χ3v) is 6.57. The van der Waals surface area contributed by atoms with E-state index in [-0.39, 0.29) is 17.5 Å². The van der Waals surface area contributed by atoms with E-state index in [0.717, 1.165) is 22.7 Å². The average molecular weight is 419 g/mol. The van der Waals surface area contributed by atoms with Crippen LogP contribution in [-0.2, 0) is 19.6 Å². The monoisotopic (exact) mass is 418 g/mol. The van der Waals surface area contributed by atoms with Crippen LogP contribution in [0.3, 0.4) is 0 Å². The molecule has 156 valence electrons. The summed E-state index contributed by atoms with van der Waals surface area (Å²) in [4.78, 5) is 12.7. The Morgan fingerprint density at radius 3 is 2.59 bits per heavy atom. The lowest BCUT2D eigenvalue weighted by Crippen LogP contribution is -2.43. The van der Waals surface area contributed by atoms with Crippen LogP contribution >= 0.6 is 0 Å². The number of hydrogen-bond donors (Lipinski definition) is 1. The van der Waals surface area contributed by atoms with Gasteiger partial charge in [0.05, 0.1) is 23.8 Å². The zero-order chi connectivity index (χ0) is 20.9. The molecule has 1 unspecified atom stereocenters. The number of nitrogens with zero attached hydrogens (tertiary/aromatic N) is 1. The number of ether oxygens (including phenoxy) is 2. The van der Waals surface area contributed by atoms with E-state index in [9.17, 15) is 13.2 Å². The minimum absolute atomic E-state index is 0.0210. The molecule has 1 fully saturated rings. The predicted molar refractivity (Wildman–Crippen MR) is 111 cm³/mol. The van der Waals surface area contributed by atoms with Crippen LogP contribution in [0.25, 0.3) is 0 Å². The molecule has 1 aliphatic heterocycles. The lowest BCUT2D eigenvalue weighted by Gasteiger charge is -2.26. The van der Waals surface area contributed by atoms with Gasteiger partial charge in [-0.15, -0.1) is 0 Å². The normalized spacial score (nSPS) is 16.4. The van der Waals surface area contributed by atoms with Crippen LogP contribution in [0.1, 0.15) is 18.4 Å². The van der Waals surface area contributed by atoms with E-state index in [4.69, 9.17) is 9.47 Å². The Hall–Kier alpha value is -2.58. The third kappa shape index (κ3) is 5.07. The average Bonchev–Trinajstić information content (AvgIpc) is 3.24. The Morgan fingerprint density at radius 1 is 1.21 bits per heavy atom. The number of benzene rings is 2. The van der Waals surface area contributed by atoms with Gasteiger partial charge in [-0.3, -0.25) is 9.10 Å². The first-order chi connectivity index (χ1) is 13.9. The van der Waals surface area contributed by atoms with Crippen molar-refractivity contribution in [1.82, 2.24) is 5.32 Å². The molecule has 1 saturated heterocycles. The highest BCUT2D eigenvalue weighted by molar-refractivity contribution is 7.92. The van der Waals surface area contributed by atoms with Gasteiger partial charge in [-0.25, -0.2) is 8.42 Å². The van der Waals surface area contributed by atoms with Crippen molar-refractivity contribution in [2.75, 3.05) is 31.1 Å². The minimum atomic E-state index is -3.97. The second-order valence-electron chi connectivity index (χ2n) is 6.94. The summed E-state index contributed by atoms with van der Waals surface area (Å²) in [6, 6.07) is 13.3. The van der Waals surface area contributed by atoms with E-state index in [2.05, 4.69) is 5.32 Å². The first kappa shape index (κ1) is 21.1. The number of carbonyl (C=O) groups is 1. The van der Waals surface area contributed by atoms with Gasteiger partial charge in [0.2, 0.25) is 5.91 Å². The number of rotatable bonds is 8. The second kappa shape index (κ2) is 9.28. The van der Waals surface area contributed by atoms with Crippen LogP contribution < -0.4 is 14.4 Å². The van der Waals surface area contributed by atoms with E-state index in [1.54, 1.807) is 36.4 Å². The summed E-state index contributed by atoms with van der Waals surface area (Å²) in [5, 5.41) is 2.78. The first-order valence-corrected chi connectivity index (χ1v) is 11.0. The maximum atomic E-state index is 13.4. The molecule has 1 amide bonds. The van der Waals surface area contributed by atoms with Crippen LogP contribution in [0.15, 0.2) is 53.4 Å². The van der Waals surface area contributed by atoms with Crippen molar-refractivity contribution in [2.24, 2.45) is 0 Å². The van der Waals surface area contributed by atoms with Gasteiger partial charge in [-0.05, 0) is 44.0 Å². The predicted octanol–water partition coefficient (Wildman–Crippen LogP) is 2.49. The Balaban J connectivity index is 1.89. The van der Waals surface area contributed by atoms with Crippen molar-refractivity contribution >= 4 is 21.6 Å². The maximum Gasteiger partial charge on any atom is 0.264 e. The summed E-state index contributed by atoms with van der Waals surface area (Å²) < 4.78 is 38.7. The number of sulfonamides is 1. The SMILES string of the molecule is COc1ccccc1N(CC(=O)NCC1CCCO1)S(=O)(=O)c1ccc(C)cc1. The van der Waals surface area contributed by atoms with Gasteiger partial charge in [0.25, 0.3) is 10.0 Å². The molecule has 0 radical (unpaired) electrons. The van der Waals surface area contributed by atoms with E-state index >= 15 is 0 Å². The number of hydrogen-bond acceptors (Lipinski definition) is 5. The number of anilines is 1. The quantitative estimate of drug-likeness (QED) is 0.712. The number of carbonyl (C=O) groups excluding carboxylic acids is 1. The van der Waals surface area contributed by atoms with Crippen LogP contribution in [0.4, 0.5) is 5.69 Å². The molecule has 2 aromatic rings. The lowest BCUT2D eigenvalue weighted by atomic mass is 10.2. The standard InChI is InChI=1S/C21H26N2O5S/c1-16-9-11-18(12-10-16)29(25,26)23(19-7-3-4-8-20(19)27-2)15-21(24)22-14-17-6-5-13-28-17/h3-4,7-12,17H,5-6,13-15H2,1-2H3,(H,22,24). The summed E-state index contributed by atoms with van der Waals surface area (Å²) >= 11 is 0. The van der Waals surface area contributed by atoms with Crippen molar-refractivity contribution in [1.29, 1.82) is 0 Å². The van der Waals surface area contributed by atoms with Crippen molar-refractivity contribution in [3.8, 4) is 5.75 Å². The summed E-state index contributed by atoms with van der Waals surface area (Å²) in [7, 11) is -2.51. The minimum Gasteiger partial charge on any atom is -0.495 e. The first-order valence-electron chi connectivity index (χ1n) is 9.52. The molecule has 1 heterocycles. The molecular weight excluding hydrogens is 392 g/mol. The smallest absolute Gasteiger partial charge is 0.264 e. The van der Waals surface area contributed by atoms with Crippen molar-refractivity contribution in [3.63, 3.8) is 0 Å². The Kier molecular flexibility index (Phi) is 6.76. The van der Waals surface area contributed by atoms with Gasteiger partial charge < -0.3 is 14.8 Å². The van der Waals surface area contributed by atoms with E-state index in [0.29, 0.717) is 24.6 Å². The zero-order valence-electron chi connectivity index (χ0n) is 16.6. The Labute approximate surface area is 171 Å². The fourth-order valence-electron chi connectivity index (χ4n) is 3.19. The van der Waals surface area contributed by atoms with Gasteiger partial charge >= 0.3 is 0 Å². The summed E-state index contributed by atoms with van der Waals surface area (Å²) in [6.07, 6.45) is 1.83. The Morgan fingerprint density at radius 2 is 1.93 bits per heavy atom. The maximum absolute atomic E-state index is 13.4. The fourth-order valence-corrected chi connectivity index (χ4v) is 4.62. The number of methoxy groups -OCH3 is 1. The molecule has 7 nitrogen and oxygen atoms in total. The van der Waals surface area contributed by atoms with Gasteiger partial charge in [-0.2, -0.15) is 0 Å². The van der Waals surface area contributed by atoms with Crippen LogP contribution in [0, 0.1) is 6.92 Å². The van der Waals surface area contributed by atoms with Gasteiger partial charge in [0, 0.05) is 13.2 Å². The zero-order valence-corrected chi connectivity index (χ0v) is 17.4. The molecule has 1 atom stereocenters. The summed E-state index contributed by atoms with van der Waals surface area (Å²) in [5.41, 5.74) is 1.25. The molecule has 3 rings (SSSR count). The van der Waals surface area contributed by atoms with E-state index < -0.39 is 15.9 Å². The third-order valence-electron chi connectivity index (χ3n) is 4.80. The van der Waals surface area contributed by atoms with Gasteiger partial charge in [0.15, 0.2) is 0 Å². The van der Waals surface area contributed by atoms with E-state index in [1.807, 2.05) is 6.92 Å². The number of nitrogens with one attached hydrogen (secondary N) is 1.